The molecule has 0 spiro atoms. The summed E-state index contributed by atoms with van der Waals surface area (Å²) >= 11 is 0. The van der Waals surface area contributed by atoms with Gasteiger partial charge in [0.2, 0.25) is 0 Å². The van der Waals surface area contributed by atoms with Crippen LogP contribution in [0.1, 0.15) is 31.7 Å². The molecule has 0 aliphatic carbocycles. The van der Waals surface area contributed by atoms with Crippen molar-refractivity contribution in [1.82, 2.24) is 4.98 Å². The van der Waals surface area contributed by atoms with Gasteiger partial charge in [-0.3, -0.25) is 0 Å². The summed E-state index contributed by atoms with van der Waals surface area (Å²) in [6.45, 7) is 4.30. The normalized spacial score (nSPS) is 13.4. The number of nitrogens with one attached hydrogen (secondary N) is 1. The standard InChI is InChI=1S/C12H14FN/c1-3-8(2)11-7-14-12-5-4-9(13)6-10(11)12/h4-8,14H,3H2,1-2H3. The number of hydrogen-bond donors (Lipinski definition) is 1. The summed E-state index contributed by atoms with van der Waals surface area (Å²) < 4.78 is 13.0. The fourth-order valence-corrected chi connectivity index (χ4v) is 1.74. The second-order valence-electron chi connectivity index (χ2n) is 3.74. The second kappa shape index (κ2) is 3.45. The minimum absolute atomic E-state index is 0.165. The van der Waals surface area contributed by atoms with E-state index in [0.29, 0.717) is 5.92 Å². The first-order chi connectivity index (χ1) is 6.72. The van der Waals surface area contributed by atoms with E-state index in [0.717, 1.165) is 17.3 Å². The van der Waals surface area contributed by atoms with Crippen LogP contribution in [0.5, 0.6) is 0 Å². The third kappa shape index (κ3) is 1.41. The van der Waals surface area contributed by atoms with Gasteiger partial charge < -0.3 is 4.98 Å². The molecular weight excluding hydrogens is 177 g/mol. The molecular formula is C12H14FN. The van der Waals surface area contributed by atoms with Gasteiger partial charge in [0.05, 0.1) is 0 Å². The Bertz CT molecular complexity index is 445. The molecule has 74 valence electrons. The molecule has 0 saturated carbocycles. The molecule has 1 heterocycles. The maximum Gasteiger partial charge on any atom is 0.123 e. The molecule has 0 saturated heterocycles. The summed E-state index contributed by atoms with van der Waals surface area (Å²) in [4.78, 5) is 3.16. The van der Waals surface area contributed by atoms with Gasteiger partial charge in [0, 0.05) is 17.1 Å². The molecule has 1 aromatic carbocycles. The van der Waals surface area contributed by atoms with Crippen LogP contribution in [0.15, 0.2) is 24.4 Å². The van der Waals surface area contributed by atoms with Crippen molar-refractivity contribution < 1.29 is 4.39 Å². The van der Waals surface area contributed by atoms with E-state index in [1.807, 2.05) is 6.20 Å². The molecule has 0 fully saturated rings. The smallest absolute Gasteiger partial charge is 0.123 e. The maximum atomic E-state index is 13.0. The van der Waals surface area contributed by atoms with Crippen LogP contribution in [0.25, 0.3) is 10.9 Å². The van der Waals surface area contributed by atoms with Crippen molar-refractivity contribution >= 4 is 10.9 Å². The maximum absolute atomic E-state index is 13.0. The first-order valence-electron chi connectivity index (χ1n) is 4.99. The van der Waals surface area contributed by atoms with E-state index in [9.17, 15) is 4.39 Å². The Hall–Kier alpha value is -1.31. The van der Waals surface area contributed by atoms with Gasteiger partial charge in [-0.15, -0.1) is 0 Å². The Morgan fingerprint density at radius 2 is 2.21 bits per heavy atom. The lowest BCUT2D eigenvalue weighted by atomic mass is 9.98. The number of rotatable bonds is 2. The van der Waals surface area contributed by atoms with Gasteiger partial charge in [0.25, 0.3) is 0 Å². The SMILES string of the molecule is CCC(C)c1c[nH]c2ccc(F)cc12. The lowest BCUT2D eigenvalue weighted by molar-refractivity contribution is 0.629. The third-order valence-corrected chi connectivity index (χ3v) is 2.82. The highest BCUT2D eigenvalue weighted by atomic mass is 19.1. The molecule has 1 unspecified atom stereocenters. The summed E-state index contributed by atoms with van der Waals surface area (Å²) in [5.74, 6) is 0.312. The van der Waals surface area contributed by atoms with Crippen LogP contribution in [0.2, 0.25) is 0 Å². The first-order valence-corrected chi connectivity index (χ1v) is 4.99. The van der Waals surface area contributed by atoms with E-state index in [4.69, 9.17) is 0 Å². The number of aromatic nitrogens is 1. The van der Waals surface area contributed by atoms with Gasteiger partial charge in [-0.1, -0.05) is 13.8 Å². The zero-order valence-corrected chi connectivity index (χ0v) is 8.47. The predicted molar refractivity (Wildman–Crippen MR) is 57.0 cm³/mol. The average Bonchev–Trinajstić information content (AvgIpc) is 2.59. The number of hydrogen-bond acceptors (Lipinski definition) is 0. The van der Waals surface area contributed by atoms with Gasteiger partial charge in [-0.2, -0.15) is 0 Å². The van der Waals surface area contributed by atoms with E-state index in [2.05, 4.69) is 18.8 Å². The molecule has 2 rings (SSSR count). The Balaban J connectivity index is 2.61. The predicted octanol–water partition coefficient (Wildman–Crippen LogP) is 3.82. The largest absolute Gasteiger partial charge is 0.361 e. The number of aromatic amines is 1. The monoisotopic (exact) mass is 191 g/mol. The van der Waals surface area contributed by atoms with Gasteiger partial charge >= 0.3 is 0 Å². The molecule has 1 atom stereocenters. The molecule has 0 amide bonds. The molecule has 2 heteroatoms. The quantitative estimate of drug-likeness (QED) is 0.742. The highest BCUT2D eigenvalue weighted by Crippen LogP contribution is 2.27. The summed E-state index contributed by atoms with van der Waals surface area (Å²) in [5.41, 5.74) is 2.23. The first kappa shape index (κ1) is 9.25. The van der Waals surface area contributed by atoms with Gasteiger partial charge in [0.1, 0.15) is 5.82 Å². The third-order valence-electron chi connectivity index (χ3n) is 2.82. The number of halogens is 1. The van der Waals surface area contributed by atoms with Gasteiger partial charge in [-0.05, 0) is 36.1 Å². The number of H-pyrrole nitrogens is 1. The molecule has 14 heavy (non-hydrogen) atoms. The minimum atomic E-state index is -0.165. The number of fused-ring (bicyclic) bond motifs is 1. The Labute approximate surface area is 82.9 Å². The van der Waals surface area contributed by atoms with Crippen molar-refractivity contribution in [3.8, 4) is 0 Å². The van der Waals surface area contributed by atoms with Crippen LogP contribution in [0, 0.1) is 5.82 Å². The number of benzene rings is 1. The van der Waals surface area contributed by atoms with E-state index in [-0.39, 0.29) is 5.82 Å². The van der Waals surface area contributed by atoms with Crippen molar-refractivity contribution in [3.63, 3.8) is 0 Å². The van der Waals surface area contributed by atoms with E-state index in [1.54, 1.807) is 12.1 Å². The molecule has 1 nitrogen and oxygen atoms in total. The van der Waals surface area contributed by atoms with Crippen molar-refractivity contribution in [3.05, 3.63) is 35.8 Å². The van der Waals surface area contributed by atoms with Crippen molar-refractivity contribution in [2.24, 2.45) is 0 Å². The molecule has 0 aliphatic rings. The van der Waals surface area contributed by atoms with Crippen LogP contribution < -0.4 is 0 Å². The Kier molecular flexibility index (Phi) is 2.28. The second-order valence-corrected chi connectivity index (χ2v) is 3.74. The van der Waals surface area contributed by atoms with Crippen LogP contribution in [0.3, 0.4) is 0 Å². The van der Waals surface area contributed by atoms with Crippen molar-refractivity contribution in [2.45, 2.75) is 26.2 Å². The molecule has 0 aliphatic heterocycles. The highest BCUT2D eigenvalue weighted by Gasteiger charge is 2.09. The molecule has 0 radical (unpaired) electrons. The average molecular weight is 191 g/mol. The Morgan fingerprint density at radius 3 is 2.93 bits per heavy atom. The van der Waals surface area contributed by atoms with Crippen molar-refractivity contribution in [1.29, 1.82) is 0 Å². The zero-order chi connectivity index (χ0) is 10.1. The van der Waals surface area contributed by atoms with E-state index >= 15 is 0 Å². The van der Waals surface area contributed by atoms with Gasteiger partial charge in [-0.25, -0.2) is 4.39 Å². The fraction of sp³-hybridized carbons (Fsp3) is 0.333. The Morgan fingerprint density at radius 1 is 1.43 bits per heavy atom. The lowest BCUT2D eigenvalue weighted by Gasteiger charge is -2.06. The zero-order valence-electron chi connectivity index (χ0n) is 8.47. The minimum Gasteiger partial charge on any atom is -0.361 e. The van der Waals surface area contributed by atoms with E-state index in [1.165, 1.54) is 11.6 Å². The van der Waals surface area contributed by atoms with Crippen LogP contribution in [-0.2, 0) is 0 Å². The fourth-order valence-electron chi connectivity index (χ4n) is 1.74. The topological polar surface area (TPSA) is 15.8 Å². The van der Waals surface area contributed by atoms with E-state index < -0.39 is 0 Å². The van der Waals surface area contributed by atoms with Crippen LogP contribution in [0.4, 0.5) is 4.39 Å². The van der Waals surface area contributed by atoms with Gasteiger partial charge in [0.15, 0.2) is 0 Å². The van der Waals surface area contributed by atoms with Crippen molar-refractivity contribution in [2.75, 3.05) is 0 Å². The molecule has 1 N–H and O–H groups in total. The van der Waals surface area contributed by atoms with Crippen LogP contribution >= 0.6 is 0 Å². The summed E-state index contributed by atoms with van der Waals surface area (Å²) in [6, 6.07) is 4.88. The summed E-state index contributed by atoms with van der Waals surface area (Å²) in [6.07, 6.45) is 3.06. The summed E-state index contributed by atoms with van der Waals surface area (Å²) in [5, 5.41) is 1.01. The lowest BCUT2D eigenvalue weighted by Crippen LogP contribution is -1.88. The molecule has 2 aromatic rings. The van der Waals surface area contributed by atoms with Crippen LogP contribution in [-0.4, -0.2) is 4.98 Å². The summed E-state index contributed by atoms with van der Waals surface area (Å²) in [7, 11) is 0. The highest BCUT2D eigenvalue weighted by molar-refractivity contribution is 5.83. The molecule has 0 bridgehead atoms. The molecule has 1 aromatic heterocycles.